The fourth-order valence-corrected chi connectivity index (χ4v) is 2.22. The molecule has 2 heterocycles. The van der Waals surface area contributed by atoms with Gasteiger partial charge in [0.05, 0.1) is 10.8 Å². The summed E-state index contributed by atoms with van der Waals surface area (Å²) in [5, 5.41) is -0.119. The first-order valence-electron chi connectivity index (χ1n) is 8.47. The van der Waals surface area contributed by atoms with Gasteiger partial charge in [0.25, 0.3) is 5.56 Å². The summed E-state index contributed by atoms with van der Waals surface area (Å²) in [6, 6.07) is 0. The van der Waals surface area contributed by atoms with E-state index < -0.39 is 47.5 Å². The summed E-state index contributed by atoms with van der Waals surface area (Å²) < 4.78 is 11.9. The van der Waals surface area contributed by atoms with E-state index in [2.05, 4.69) is 9.97 Å². The van der Waals surface area contributed by atoms with Gasteiger partial charge in [-0.25, -0.2) is 13.9 Å². The molecule has 0 saturated carbocycles. The molecule has 2 aromatic heterocycles. The predicted octanol–water partition coefficient (Wildman–Crippen LogP) is 1.63. The third kappa shape index (κ3) is 4.44. The maximum atomic E-state index is 12.8. The molecule has 2 aromatic rings. The number of imidazole rings is 1. The van der Waals surface area contributed by atoms with E-state index in [-0.39, 0.29) is 16.4 Å². The molecule has 0 amide bonds. The van der Waals surface area contributed by atoms with E-state index >= 15 is 0 Å². The number of rotatable bonds is 4. The molecule has 0 radical (unpaired) electrons. The second kappa shape index (κ2) is 7.42. The van der Waals surface area contributed by atoms with E-state index in [1.807, 2.05) is 0 Å². The average Bonchev–Trinajstić information content (AvgIpc) is 2.94. The molecule has 0 aromatic carbocycles. The third-order valence-corrected chi connectivity index (χ3v) is 3.89. The Hall–Kier alpha value is -2.62. The summed E-state index contributed by atoms with van der Waals surface area (Å²) in [5.74, 6) is -1.14. The Morgan fingerprint density at radius 3 is 1.89 bits per heavy atom. The SMILES string of the molecule is CC(C)(C)C(=O)OCn1c(=O)c2[nH]c(Cl)nc2n(COC(=O)C(C)(C)C)c1=O. The monoisotopic (exact) mass is 414 g/mol. The van der Waals surface area contributed by atoms with Crippen molar-refractivity contribution in [1.82, 2.24) is 19.1 Å². The Balaban J connectivity index is 2.48. The number of nitrogens with zero attached hydrogens (tertiary/aromatic N) is 3. The van der Waals surface area contributed by atoms with Crippen LogP contribution >= 0.6 is 11.6 Å². The van der Waals surface area contributed by atoms with E-state index in [1.165, 1.54) is 0 Å². The number of aromatic nitrogens is 4. The third-order valence-electron chi connectivity index (χ3n) is 3.71. The number of fused-ring (bicyclic) bond motifs is 1. The maximum Gasteiger partial charge on any atom is 0.338 e. The Labute approximate surface area is 165 Å². The highest BCUT2D eigenvalue weighted by atomic mass is 35.5. The largest absolute Gasteiger partial charge is 0.443 e. The number of carbonyl (C=O) groups is 2. The van der Waals surface area contributed by atoms with E-state index in [1.54, 1.807) is 41.5 Å². The lowest BCUT2D eigenvalue weighted by Gasteiger charge is -2.19. The first kappa shape index (κ1) is 21.7. The fourth-order valence-electron chi connectivity index (χ4n) is 2.05. The highest BCUT2D eigenvalue weighted by Gasteiger charge is 2.26. The number of nitrogens with one attached hydrogen (secondary N) is 1. The van der Waals surface area contributed by atoms with E-state index in [0.717, 1.165) is 4.57 Å². The number of hydrogen-bond acceptors (Lipinski definition) is 7. The topological polar surface area (TPSA) is 125 Å². The van der Waals surface area contributed by atoms with Crippen molar-refractivity contribution < 1.29 is 19.1 Å². The van der Waals surface area contributed by atoms with Gasteiger partial charge in [-0.2, -0.15) is 4.98 Å². The first-order chi connectivity index (χ1) is 12.7. The van der Waals surface area contributed by atoms with Crippen LogP contribution in [0.3, 0.4) is 0 Å². The highest BCUT2D eigenvalue weighted by Crippen LogP contribution is 2.17. The number of aromatic amines is 1. The quantitative estimate of drug-likeness (QED) is 0.595. The number of ether oxygens (including phenoxy) is 2. The molecule has 2 rings (SSSR count). The van der Waals surface area contributed by atoms with Gasteiger partial charge >= 0.3 is 17.6 Å². The van der Waals surface area contributed by atoms with Crippen molar-refractivity contribution in [2.24, 2.45) is 10.8 Å². The fraction of sp³-hybridized carbons (Fsp3) is 0.588. The first-order valence-corrected chi connectivity index (χ1v) is 8.84. The van der Waals surface area contributed by atoms with Gasteiger partial charge in [-0.05, 0) is 53.1 Å². The molecule has 0 aliphatic heterocycles. The van der Waals surface area contributed by atoms with Crippen molar-refractivity contribution in [3.8, 4) is 0 Å². The zero-order valence-corrected chi connectivity index (χ0v) is 17.3. The average molecular weight is 415 g/mol. The van der Waals surface area contributed by atoms with E-state index in [0.29, 0.717) is 4.57 Å². The van der Waals surface area contributed by atoms with E-state index in [4.69, 9.17) is 21.1 Å². The highest BCUT2D eigenvalue weighted by molar-refractivity contribution is 6.28. The van der Waals surface area contributed by atoms with Crippen LogP contribution in [0.25, 0.3) is 11.2 Å². The van der Waals surface area contributed by atoms with Gasteiger partial charge in [0.1, 0.15) is 0 Å². The summed E-state index contributed by atoms with van der Waals surface area (Å²) in [5.41, 5.74) is -3.37. The molecule has 0 saturated heterocycles. The van der Waals surface area contributed by atoms with Crippen LogP contribution in [0.4, 0.5) is 0 Å². The Morgan fingerprint density at radius 2 is 1.43 bits per heavy atom. The molecular weight excluding hydrogens is 392 g/mol. The summed E-state index contributed by atoms with van der Waals surface area (Å²) in [4.78, 5) is 55.9. The summed E-state index contributed by atoms with van der Waals surface area (Å²) >= 11 is 5.83. The maximum absolute atomic E-state index is 12.8. The van der Waals surface area contributed by atoms with Crippen molar-refractivity contribution in [3.05, 3.63) is 26.1 Å². The molecule has 0 bridgehead atoms. The van der Waals surface area contributed by atoms with Gasteiger partial charge in [0.15, 0.2) is 24.6 Å². The van der Waals surface area contributed by atoms with Gasteiger partial charge in [0, 0.05) is 0 Å². The molecule has 0 unspecified atom stereocenters. The molecule has 0 aliphatic rings. The molecule has 154 valence electrons. The molecule has 0 aliphatic carbocycles. The zero-order chi connectivity index (χ0) is 21.4. The lowest BCUT2D eigenvalue weighted by atomic mass is 9.97. The zero-order valence-electron chi connectivity index (χ0n) is 16.6. The Kier molecular flexibility index (Phi) is 5.74. The normalized spacial score (nSPS) is 12.2. The minimum absolute atomic E-state index is 0.0693. The van der Waals surface area contributed by atoms with Crippen molar-refractivity contribution in [2.75, 3.05) is 0 Å². The van der Waals surface area contributed by atoms with Crippen molar-refractivity contribution in [2.45, 2.75) is 55.0 Å². The smallest absolute Gasteiger partial charge is 0.338 e. The van der Waals surface area contributed by atoms with Crippen molar-refractivity contribution in [1.29, 1.82) is 0 Å². The number of hydrogen-bond donors (Lipinski definition) is 1. The van der Waals surface area contributed by atoms with Gasteiger partial charge < -0.3 is 14.5 Å². The molecule has 0 spiro atoms. The van der Waals surface area contributed by atoms with E-state index in [9.17, 15) is 19.2 Å². The number of halogens is 1. The minimum atomic E-state index is -0.857. The van der Waals surface area contributed by atoms with Crippen LogP contribution in [-0.2, 0) is 32.5 Å². The van der Waals surface area contributed by atoms with Crippen molar-refractivity contribution in [3.63, 3.8) is 0 Å². The molecule has 0 fully saturated rings. The molecule has 28 heavy (non-hydrogen) atoms. The van der Waals surface area contributed by atoms with Gasteiger partial charge in [-0.3, -0.25) is 14.4 Å². The Morgan fingerprint density at radius 1 is 0.964 bits per heavy atom. The molecule has 11 heteroatoms. The van der Waals surface area contributed by atoms with Crippen LogP contribution in [0.2, 0.25) is 5.28 Å². The van der Waals surface area contributed by atoms with Crippen LogP contribution < -0.4 is 11.2 Å². The van der Waals surface area contributed by atoms with Crippen LogP contribution in [-0.4, -0.2) is 31.0 Å². The summed E-state index contributed by atoms with van der Waals surface area (Å²) in [6.07, 6.45) is 0. The second-order valence-corrected chi connectivity index (χ2v) is 8.65. The molecule has 10 nitrogen and oxygen atoms in total. The van der Waals surface area contributed by atoms with Gasteiger partial charge in [-0.15, -0.1) is 0 Å². The van der Waals surface area contributed by atoms with Gasteiger partial charge in [-0.1, -0.05) is 0 Å². The lowest BCUT2D eigenvalue weighted by molar-refractivity contribution is -0.157. The summed E-state index contributed by atoms with van der Waals surface area (Å²) in [7, 11) is 0. The number of carbonyl (C=O) groups excluding carboxylic acids is 2. The number of H-pyrrole nitrogens is 1. The Bertz CT molecular complexity index is 1040. The number of esters is 2. The minimum Gasteiger partial charge on any atom is -0.443 e. The second-order valence-electron chi connectivity index (χ2n) is 8.29. The molecular formula is C17H23ClN4O6. The van der Waals surface area contributed by atoms with Crippen LogP contribution in [0.1, 0.15) is 41.5 Å². The van der Waals surface area contributed by atoms with Crippen LogP contribution in [0.15, 0.2) is 9.59 Å². The molecule has 0 atom stereocenters. The van der Waals surface area contributed by atoms with Crippen LogP contribution in [0.5, 0.6) is 0 Å². The summed E-state index contributed by atoms with van der Waals surface area (Å²) in [6.45, 7) is 8.80. The van der Waals surface area contributed by atoms with Gasteiger partial charge in [0.2, 0.25) is 5.28 Å². The standard InChI is InChI=1S/C17H23ClN4O6/c1-16(2,3)12(24)27-7-21-10-9(19-14(18)20-10)11(23)22(15(21)26)8-28-13(25)17(4,5)6/h7-8H2,1-6H3,(H,19,20). The lowest BCUT2D eigenvalue weighted by Crippen LogP contribution is -2.42. The predicted molar refractivity (Wildman–Crippen MR) is 101 cm³/mol. The van der Waals surface area contributed by atoms with Crippen molar-refractivity contribution >= 4 is 34.7 Å². The van der Waals surface area contributed by atoms with Crippen LogP contribution in [0, 0.1) is 10.8 Å². The molecule has 1 N–H and O–H groups in total.